The number of hydrogen-bond acceptors (Lipinski definition) is 2. The quantitative estimate of drug-likeness (QED) is 0.587. The fourth-order valence-corrected chi connectivity index (χ4v) is 1.50. The molecule has 1 atom stereocenters. The van der Waals surface area contributed by atoms with Gasteiger partial charge in [-0.3, -0.25) is 0 Å². The van der Waals surface area contributed by atoms with E-state index in [2.05, 4.69) is 23.6 Å². The van der Waals surface area contributed by atoms with E-state index in [1.54, 1.807) is 0 Å². The molecule has 2 amide bonds. The summed E-state index contributed by atoms with van der Waals surface area (Å²) in [5.74, 6) is 0. The van der Waals surface area contributed by atoms with Crippen molar-refractivity contribution in [2.24, 2.45) is 0 Å². The van der Waals surface area contributed by atoms with Gasteiger partial charge >= 0.3 is 6.03 Å². The van der Waals surface area contributed by atoms with E-state index < -0.39 is 0 Å². The number of hydrogen-bond donors (Lipinski definition) is 3. The molecular formula is C10H18N2O2. The Labute approximate surface area is 84.4 Å². The van der Waals surface area contributed by atoms with Crippen LogP contribution in [0.1, 0.15) is 26.2 Å². The summed E-state index contributed by atoms with van der Waals surface area (Å²) in [4.78, 5) is 11.2. The van der Waals surface area contributed by atoms with Gasteiger partial charge in [-0.1, -0.05) is 11.6 Å². The molecule has 3 N–H and O–H groups in total. The van der Waals surface area contributed by atoms with Gasteiger partial charge in [0.25, 0.3) is 0 Å². The van der Waals surface area contributed by atoms with Crippen LogP contribution in [0.15, 0.2) is 11.6 Å². The third kappa shape index (κ3) is 3.79. The molecule has 4 nitrogen and oxygen atoms in total. The topological polar surface area (TPSA) is 61.4 Å². The monoisotopic (exact) mass is 198 g/mol. The van der Waals surface area contributed by atoms with E-state index >= 15 is 0 Å². The van der Waals surface area contributed by atoms with Crippen LogP contribution in [-0.2, 0) is 0 Å². The number of rotatable bonds is 3. The summed E-state index contributed by atoms with van der Waals surface area (Å²) in [6.45, 7) is 2.41. The van der Waals surface area contributed by atoms with E-state index in [1.165, 1.54) is 5.57 Å². The fourth-order valence-electron chi connectivity index (χ4n) is 1.50. The smallest absolute Gasteiger partial charge is 0.315 e. The summed E-state index contributed by atoms with van der Waals surface area (Å²) in [6.07, 6.45) is 5.15. The van der Waals surface area contributed by atoms with Gasteiger partial charge in [-0.2, -0.15) is 0 Å². The standard InChI is InChI=1S/C10H18N2O2/c1-8-2-4-9(5-3-8)12-10(14)11-6-7-13/h2,9,13H,3-7H2,1H3,(H2,11,12,14). The molecule has 0 aromatic rings. The zero-order chi connectivity index (χ0) is 10.4. The second-order valence-corrected chi connectivity index (χ2v) is 3.65. The normalized spacial score (nSPS) is 21.3. The van der Waals surface area contributed by atoms with Crippen molar-refractivity contribution >= 4 is 6.03 Å². The molecule has 0 aliphatic heterocycles. The summed E-state index contributed by atoms with van der Waals surface area (Å²) < 4.78 is 0. The van der Waals surface area contributed by atoms with Gasteiger partial charge in [0.15, 0.2) is 0 Å². The summed E-state index contributed by atoms with van der Waals surface area (Å²) in [5, 5.41) is 13.9. The van der Waals surface area contributed by atoms with Crippen molar-refractivity contribution in [2.45, 2.75) is 32.2 Å². The summed E-state index contributed by atoms with van der Waals surface area (Å²) in [7, 11) is 0. The molecule has 0 radical (unpaired) electrons. The Hall–Kier alpha value is -1.03. The first-order valence-electron chi connectivity index (χ1n) is 5.03. The molecule has 4 heteroatoms. The molecule has 0 spiro atoms. The maximum Gasteiger partial charge on any atom is 0.315 e. The van der Waals surface area contributed by atoms with E-state index in [4.69, 9.17) is 5.11 Å². The van der Waals surface area contributed by atoms with Crippen molar-refractivity contribution in [1.82, 2.24) is 10.6 Å². The minimum absolute atomic E-state index is 0.0168. The van der Waals surface area contributed by atoms with E-state index in [0.717, 1.165) is 19.3 Å². The molecule has 1 aliphatic carbocycles. The van der Waals surface area contributed by atoms with Crippen molar-refractivity contribution in [1.29, 1.82) is 0 Å². The average Bonchev–Trinajstić information content (AvgIpc) is 2.18. The number of aliphatic hydroxyl groups is 1. The molecular weight excluding hydrogens is 180 g/mol. The van der Waals surface area contributed by atoms with Gasteiger partial charge in [0.2, 0.25) is 0 Å². The Morgan fingerprint density at radius 1 is 1.71 bits per heavy atom. The predicted molar refractivity (Wildman–Crippen MR) is 55.0 cm³/mol. The highest BCUT2D eigenvalue weighted by Crippen LogP contribution is 2.16. The summed E-state index contributed by atoms with van der Waals surface area (Å²) in [5.41, 5.74) is 1.40. The molecule has 0 saturated carbocycles. The minimum Gasteiger partial charge on any atom is -0.395 e. The van der Waals surface area contributed by atoms with Crippen LogP contribution in [0.2, 0.25) is 0 Å². The van der Waals surface area contributed by atoms with E-state index in [0.29, 0.717) is 6.54 Å². The van der Waals surface area contributed by atoms with Crippen molar-refractivity contribution in [2.75, 3.05) is 13.2 Å². The van der Waals surface area contributed by atoms with Crippen LogP contribution < -0.4 is 10.6 Å². The average molecular weight is 198 g/mol. The number of carbonyl (C=O) groups excluding carboxylic acids is 1. The van der Waals surface area contributed by atoms with Gasteiger partial charge in [0.05, 0.1) is 6.61 Å². The number of nitrogens with one attached hydrogen (secondary N) is 2. The Bertz CT molecular complexity index is 226. The maximum atomic E-state index is 11.2. The lowest BCUT2D eigenvalue weighted by Crippen LogP contribution is -2.43. The van der Waals surface area contributed by atoms with Crippen LogP contribution in [0.25, 0.3) is 0 Å². The van der Waals surface area contributed by atoms with Gasteiger partial charge in [-0.15, -0.1) is 0 Å². The molecule has 0 aromatic heterocycles. The number of urea groups is 1. The summed E-state index contributed by atoms with van der Waals surface area (Å²) in [6, 6.07) is 0.0643. The molecule has 0 saturated heterocycles. The van der Waals surface area contributed by atoms with E-state index in [-0.39, 0.29) is 18.7 Å². The van der Waals surface area contributed by atoms with E-state index in [9.17, 15) is 4.79 Å². The maximum absolute atomic E-state index is 11.2. The first-order chi connectivity index (χ1) is 6.72. The van der Waals surface area contributed by atoms with Crippen LogP contribution in [0.3, 0.4) is 0 Å². The largest absolute Gasteiger partial charge is 0.395 e. The second-order valence-electron chi connectivity index (χ2n) is 3.65. The fraction of sp³-hybridized carbons (Fsp3) is 0.700. The zero-order valence-electron chi connectivity index (χ0n) is 8.55. The SMILES string of the molecule is CC1=CCC(NC(=O)NCCO)CC1. The lowest BCUT2D eigenvalue weighted by Gasteiger charge is -2.21. The zero-order valence-corrected chi connectivity index (χ0v) is 8.55. The highest BCUT2D eigenvalue weighted by atomic mass is 16.3. The van der Waals surface area contributed by atoms with Crippen LogP contribution >= 0.6 is 0 Å². The lowest BCUT2D eigenvalue weighted by atomic mass is 9.96. The van der Waals surface area contributed by atoms with Crippen molar-refractivity contribution in [3.63, 3.8) is 0 Å². The van der Waals surface area contributed by atoms with Gasteiger partial charge in [0, 0.05) is 12.6 Å². The van der Waals surface area contributed by atoms with Crippen molar-refractivity contribution in [3.8, 4) is 0 Å². The van der Waals surface area contributed by atoms with Gasteiger partial charge in [-0.25, -0.2) is 4.79 Å². The molecule has 14 heavy (non-hydrogen) atoms. The second kappa shape index (κ2) is 5.65. The number of amides is 2. The molecule has 0 bridgehead atoms. The first kappa shape index (κ1) is 11.0. The third-order valence-corrected chi connectivity index (χ3v) is 2.37. The molecule has 1 unspecified atom stereocenters. The Balaban J connectivity index is 2.21. The van der Waals surface area contributed by atoms with Crippen molar-refractivity contribution < 1.29 is 9.90 Å². The Kier molecular flexibility index (Phi) is 4.46. The number of allylic oxidation sites excluding steroid dienone is 1. The van der Waals surface area contributed by atoms with Gasteiger partial charge < -0.3 is 15.7 Å². The Morgan fingerprint density at radius 2 is 2.50 bits per heavy atom. The third-order valence-electron chi connectivity index (χ3n) is 2.37. The van der Waals surface area contributed by atoms with Crippen LogP contribution in [0, 0.1) is 0 Å². The summed E-state index contributed by atoms with van der Waals surface area (Å²) >= 11 is 0. The van der Waals surface area contributed by atoms with Gasteiger partial charge in [0.1, 0.15) is 0 Å². The molecule has 0 fully saturated rings. The molecule has 80 valence electrons. The number of carbonyl (C=O) groups is 1. The highest BCUT2D eigenvalue weighted by Gasteiger charge is 2.14. The highest BCUT2D eigenvalue weighted by molar-refractivity contribution is 5.74. The molecule has 0 aromatic carbocycles. The molecule has 1 aliphatic rings. The first-order valence-corrected chi connectivity index (χ1v) is 5.03. The van der Waals surface area contributed by atoms with Crippen molar-refractivity contribution in [3.05, 3.63) is 11.6 Å². The lowest BCUT2D eigenvalue weighted by molar-refractivity contribution is 0.229. The molecule has 1 rings (SSSR count). The van der Waals surface area contributed by atoms with Crippen LogP contribution in [0.4, 0.5) is 4.79 Å². The number of aliphatic hydroxyl groups excluding tert-OH is 1. The van der Waals surface area contributed by atoms with Gasteiger partial charge in [-0.05, 0) is 26.2 Å². The predicted octanol–water partition coefficient (Wildman–Crippen LogP) is 0.777. The van der Waals surface area contributed by atoms with E-state index in [1.807, 2.05) is 0 Å². The molecule has 0 heterocycles. The van der Waals surface area contributed by atoms with Crippen LogP contribution in [-0.4, -0.2) is 30.3 Å². The van der Waals surface area contributed by atoms with Crippen LogP contribution in [0.5, 0.6) is 0 Å². The minimum atomic E-state index is -0.183. The Morgan fingerprint density at radius 3 is 3.07 bits per heavy atom.